The number of nitrogens with one attached hydrogen (secondary N) is 2. The summed E-state index contributed by atoms with van der Waals surface area (Å²) >= 11 is 0. The standard InChI is InChI=1S/C12H21N3O3S/c1-9-7-15(8-10(2)18-9)19(16,17)12-4-11(5-13-3)14-6-12/h4,6,9-10,13-14H,5,7-8H2,1-3H3/t9-,10+. The van der Waals surface area contributed by atoms with Crippen LogP contribution in [0.1, 0.15) is 19.5 Å². The van der Waals surface area contributed by atoms with Crippen molar-refractivity contribution in [2.24, 2.45) is 0 Å². The lowest BCUT2D eigenvalue weighted by atomic mass is 10.3. The third-order valence-electron chi connectivity index (χ3n) is 3.11. The zero-order valence-electron chi connectivity index (χ0n) is 11.5. The fourth-order valence-electron chi connectivity index (χ4n) is 2.34. The third kappa shape index (κ3) is 3.17. The van der Waals surface area contributed by atoms with Gasteiger partial charge in [-0.2, -0.15) is 4.31 Å². The van der Waals surface area contributed by atoms with Crippen molar-refractivity contribution < 1.29 is 13.2 Å². The average Bonchev–Trinajstić information content (AvgIpc) is 2.77. The van der Waals surface area contributed by atoms with E-state index in [9.17, 15) is 8.42 Å². The van der Waals surface area contributed by atoms with E-state index in [1.165, 1.54) is 4.31 Å². The highest BCUT2D eigenvalue weighted by molar-refractivity contribution is 7.89. The van der Waals surface area contributed by atoms with Crippen molar-refractivity contribution in [3.8, 4) is 0 Å². The molecule has 2 atom stereocenters. The van der Waals surface area contributed by atoms with E-state index >= 15 is 0 Å². The zero-order chi connectivity index (χ0) is 14.0. The Morgan fingerprint density at radius 3 is 2.63 bits per heavy atom. The summed E-state index contributed by atoms with van der Waals surface area (Å²) in [5.41, 5.74) is 0.857. The molecule has 0 unspecified atom stereocenters. The van der Waals surface area contributed by atoms with E-state index in [1.54, 1.807) is 12.3 Å². The Hall–Kier alpha value is -0.890. The van der Waals surface area contributed by atoms with Gasteiger partial charge in [0.2, 0.25) is 10.0 Å². The van der Waals surface area contributed by atoms with Crippen LogP contribution in [-0.4, -0.2) is 50.1 Å². The Morgan fingerprint density at radius 1 is 1.42 bits per heavy atom. The molecule has 0 aliphatic carbocycles. The predicted molar refractivity (Wildman–Crippen MR) is 72.3 cm³/mol. The Labute approximate surface area is 114 Å². The average molecular weight is 287 g/mol. The third-order valence-corrected chi connectivity index (χ3v) is 4.92. The Bertz CT molecular complexity index is 516. The van der Waals surface area contributed by atoms with Gasteiger partial charge in [0.1, 0.15) is 0 Å². The van der Waals surface area contributed by atoms with Gasteiger partial charge < -0.3 is 15.0 Å². The minimum absolute atomic E-state index is 0.0748. The van der Waals surface area contributed by atoms with Crippen molar-refractivity contribution in [1.82, 2.24) is 14.6 Å². The van der Waals surface area contributed by atoms with Gasteiger partial charge in [0.25, 0.3) is 0 Å². The molecular formula is C12H21N3O3S. The molecule has 19 heavy (non-hydrogen) atoms. The maximum atomic E-state index is 12.5. The van der Waals surface area contributed by atoms with E-state index in [1.807, 2.05) is 20.9 Å². The number of ether oxygens (including phenoxy) is 1. The molecule has 2 N–H and O–H groups in total. The van der Waals surface area contributed by atoms with Crippen molar-refractivity contribution >= 4 is 10.0 Å². The van der Waals surface area contributed by atoms with E-state index in [0.717, 1.165) is 5.69 Å². The molecule has 108 valence electrons. The monoisotopic (exact) mass is 287 g/mol. The van der Waals surface area contributed by atoms with Gasteiger partial charge >= 0.3 is 0 Å². The van der Waals surface area contributed by atoms with Gasteiger partial charge in [-0.25, -0.2) is 8.42 Å². The van der Waals surface area contributed by atoms with E-state index in [-0.39, 0.29) is 12.2 Å². The minimum atomic E-state index is -3.43. The number of morpholine rings is 1. The SMILES string of the molecule is CNCc1cc(S(=O)(=O)N2C[C@@H](C)O[C@@H](C)C2)c[nH]1. The van der Waals surface area contributed by atoms with E-state index < -0.39 is 10.0 Å². The van der Waals surface area contributed by atoms with Crippen LogP contribution in [-0.2, 0) is 21.3 Å². The van der Waals surface area contributed by atoms with E-state index in [4.69, 9.17) is 4.74 Å². The number of nitrogens with zero attached hydrogens (tertiary/aromatic N) is 1. The Kier molecular flexibility index (Phi) is 4.29. The molecule has 6 nitrogen and oxygen atoms in total. The molecule has 2 rings (SSSR count). The van der Waals surface area contributed by atoms with E-state index in [0.29, 0.717) is 24.5 Å². The van der Waals surface area contributed by atoms with Gasteiger partial charge in [-0.3, -0.25) is 0 Å². The first-order valence-corrected chi connectivity index (χ1v) is 7.85. The first-order valence-electron chi connectivity index (χ1n) is 6.41. The smallest absolute Gasteiger partial charge is 0.244 e. The largest absolute Gasteiger partial charge is 0.373 e. The number of H-pyrrole nitrogens is 1. The van der Waals surface area contributed by atoms with Gasteiger partial charge in [-0.1, -0.05) is 0 Å². The summed E-state index contributed by atoms with van der Waals surface area (Å²) in [5, 5.41) is 2.98. The molecule has 0 aromatic carbocycles. The number of aromatic amines is 1. The van der Waals surface area contributed by atoms with Crippen LogP contribution in [0, 0.1) is 0 Å². The zero-order valence-corrected chi connectivity index (χ0v) is 12.3. The highest BCUT2D eigenvalue weighted by Gasteiger charge is 2.32. The molecule has 1 fully saturated rings. The summed E-state index contributed by atoms with van der Waals surface area (Å²) in [6.07, 6.45) is 1.40. The second kappa shape index (κ2) is 5.62. The van der Waals surface area contributed by atoms with E-state index in [2.05, 4.69) is 10.3 Å². The van der Waals surface area contributed by atoms with Crippen LogP contribution < -0.4 is 5.32 Å². The first kappa shape index (κ1) is 14.5. The predicted octanol–water partition coefficient (Wildman–Crippen LogP) is 0.532. The van der Waals surface area contributed by atoms with Crippen molar-refractivity contribution in [1.29, 1.82) is 0 Å². The summed E-state index contributed by atoms with van der Waals surface area (Å²) in [6, 6.07) is 1.68. The van der Waals surface area contributed by atoms with Crippen LogP contribution in [0.4, 0.5) is 0 Å². The first-order chi connectivity index (χ1) is 8.93. The van der Waals surface area contributed by atoms with Gasteiger partial charge in [0.05, 0.1) is 17.1 Å². The van der Waals surface area contributed by atoms with Gasteiger partial charge in [-0.15, -0.1) is 0 Å². The number of hydrogen-bond donors (Lipinski definition) is 2. The fourth-order valence-corrected chi connectivity index (χ4v) is 3.95. The topological polar surface area (TPSA) is 74.4 Å². The van der Waals surface area contributed by atoms with Crippen molar-refractivity contribution in [3.63, 3.8) is 0 Å². The molecule has 0 bridgehead atoms. The summed E-state index contributed by atoms with van der Waals surface area (Å²) in [7, 11) is -1.61. The number of aromatic nitrogens is 1. The fraction of sp³-hybridized carbons (Fsp3) is 0.667. The minimum Gasteiger partial charge on any atom is -0.373 e. The summed E-state index contributed by atoms with van der Waals surface area (Å²) in [4.78, 5) is 3.29. The summed E-state index contributed by atoms with van der Waals surface area (Å²) < 4.78 is 32.1. The summed E-state index contributed by atoms with van der Waals surface area (Å²) in [6.45, 7) is 5.20. The molecule has 1 aromatic heterocycles. The van der Waals surface area contributed by atoms with Crippen LogP contribution >= 0.6 is 0 Å². The quantitative estimate of drug-likeness (QED) is 0.847. The molecule has 0 amide bonds. The van der Waals surface area contributed by atoms with Gasteiger partial charge in [-0.05, 0) is 27.0 Å². The molecule has 1 aromatic rings. The maximum Gasteiger partial charge on any atom is 0.244 e. The van der Waals surface area contributed by atoms with Crippen molar-refractivity contribution in [2.75, 3.05) is 20.1 Å². The normalized spacial score (nSPS) is 25.6. The van der Waals surface area contributed by atoms with Crippen molar-refractivity contribution in [3.05, 3.63) is 18.0 Å². The summed E-state index contributed by atoms with van der Waals surface area (Å²) in [5.74, 6) is 0. The molecule has 0 saturated carbocycles. The van der Waals surface area contributed by atoms with Gasteiger partial charge in [0.15, 0.2) is 0 Å². The maximum absolute atomic E-state index is 12.5. The molecule has 0 radical (unpaired) electrons. The van der Waals surface area contributed by atoms with Crippen LogP contribution in [0.2, 0.25) is 0 Å². The van der Waals surface area contributed by atoms with Crippen LogP contribution in [0.5, 0.6) is 0 Å². The lowest BCUT2D eigenvalue weighted by Gasteiger charge is -2.34. The molecular weight excluding hydrogens is 266 g/mol. The Morgan fingerprint density at radius 2 is 2.05 bits per heavy atom. The highest BCUT2D eigenvalue weighted by atomic mass is 32.2. The van der Waals surface area contributed by atoms with Crippen LogP contribution in [0.25, 0.3) is 0 Å². The number of rotatable bonds is 4. The number of sulfonamides is 1. The molecule has 0 spiro atoms. The molecule has 7 heteroatoms. The lowest BCUT2D eigenvalue weighted by molar-refractivity contribution is -0.0440. The van der Waals surface area contributed by atoms with Crippen LogP contribution in [0.3, 0.4) is 0 Å². The second-order valence-corrected chi connectivity index (χ2v) is 6.91. The highest BCUT2D eigenvalue weighted by Crippen LogP contribution is 2.21. The Balaban J connectivity index is 2.20. The molecule has 1 aliphatic rings. The number of hydrogen-bond acceptors (Lipinski definition) is 4. The molecule has 2 heterocycles. The van der Waals surface area contributed by atoms with Crippen LogP contribution in [0.15, 0.2) is 17.2 Å². The second-order valence-electron chi connectivity index (χ2n) is 4.97. The van der Waals surface area contributed by atoms with Crippen molar-refractivity contribution in [2.45, 2.75) is 37.5 Å². The van der Waals surface area contributed by atoms with Gasteiger partial charge in [0, 0.05) is 31.5 Å². The molecule has 1 aliphatic heterocycles. The molecule has 1 saturated heterocycles. The lowest BCUT2D eigenvalue weighted by Crippen LogP contribution is -2.47.